The Kier molecular flexibility index (Phi) is 4.76. The van der Waals surface area contributed by atoms with Gasteiger partial charge < -0.3 is 15.3 Å². The third-order valence-electron chi connectivity index (χ3n) is 2.96. The number of halogens is 1. The Morgan fingerprint density at radius 1 is 1.74 bits per heavy atom. The standard InChI is InChI=1S/C10H12BClN2O3S2/c11-17-9(16)10(18-4-2-1-3-12)5-14-7(15)6(13)8(14)19-10/h1-2,6,8H,3-5,13H2/b2-1+/t6-,8?,10-/m1/s1. The molecule has 9 heteroatoms. The van der Waals surface area contributed by atoms with Crippen molar-refractivity contribution < 1.29 is 14.2 Å². The lowest BCUT2D eigenvalue weighted by Crippen LogP contribution is -2.64. The van der Waals surface area contributed by atoms with Crippen molar-refractivity contribution in [3.63, 3.8) is 0 Å². The number of rotatable bonds is 5. The Labute approximate surface area is 126 Å². The van der Waals surface area contributed by atoms with Crippen molar-refractivity contribution in [3.05, 3.63) is 12.2 Å². The maximum atomic E-state index is 11.9. The maximum absolute atomic E-state index is 11.9. The van der Waals surface area contributed by atoms with E-state index in [1.807, 2.05) is 6.08 Å². The number of nitrogens with two attached hydrogens (primary N) is 1. The quantitative estimate of drug-likeness (QED) is 0.335. The molecule has 0 aliphatic carbocycles. The Bertz CT molecular complexity index is 426. The normalized spacial score (nSPS) is 33.4. The highest BCUT2D eigenvalue weighted by atomic mass is 35.5. The van der Waals surface area contributed by atoms with E-state index >= 15 is 0 Å². The number of carbonyl (C=O) groups excluding carboxylic acids is 2. The van der Waals surface area contributed by atoms with E-state index in [2.05, 4.69) is 4.65 Å². The van der Waals surface area contributed by atoms with Gasteiger partial charge in [0.2, 0.25) is 5.91 Å². The van der Waals surface area contributed by atoms with Crippen molar-refractivity contribution in [1.82, 2.24) is 4.90 Å². The second-order valence-corrected chi connectivity index (χ2v) is 7.40. The zero-order valence-corrected chi connectivity index (χ0v) is 12.3. The summed E-state index contributed by atoms with van der Waals surface area (Å²) >= 11 is 8.24. The van der Waals surface area contributed by atoms with Gasteiger partial charge in [0.1, 0.15) is 11.4 Å². The highest BCUT2D eigenvalue weighted by Crippen LogP contribution is 2.52. The Balaban J connectivity index is 2.07. The van der Waals surface area contributed by atoms with Gasteiger partial charge in [0.25, 0.3) is 0 Å². The van der Waals surface area contributed by atoms with E-state index in [0.29, 0.717) is 11.6 Å². The average Bonchev–Trinajstić information content (AvgIpc) is 2.79. The molecule has 1 unspecified atom stereocenters. The SMILES string of the molecule is [B]OC(=O)[C@@]1(SC/C=C/CCl)CN2C(=O)[C@@H](N)C2S1. The number of amides is 1. The van der Waals surface area contributed by atoms with E-state index < -0.39 is 16.1 Å². The summed E-state index contributed by atoms with van der Waals surface area (Å²) in [5, 5.41) is -0.170. The number of carbonyl (C=O) groups is 2. The van der Waals surface area contributed by atoms with E-state index in [1.54, 1.807) is 11.0 Å². The molecule has 3 atom stereocenters. The molecule has 2 fully saturated rings. The number of nitrogens with zero attached hydrogens (tertiary/aromatic N) is 1. The second-order valence-electron chi connectivity index (χ2n) is 4.10. The molecule has 2 heterocycles. The molecule has 0 bridgehead atoms. The molecule has 0 spiro atoms. The molecule has 0 saturated carbocycles. The van der Waals surface area contributed by atoms with Crippen LogP contribution in [0.3, 0.4) is 0 Å². The van der Waals surface area contributed by atoms with Gasteiger partial charge in [-0.05, 0) is 0 Å². The van der Waals surface area contributed by atoms with Crippen LogP contribution in [0.5, 0.6) is 0 Å². The molecule has 0 aromatic rings. The van der Waals surface area contributed by atoms with Gasteiger partial charge in [-0.1, -0.05) is 12.2 Å². The predicted octanol–water partition coefficient (Wildman–Crippen LogP) is 0.0800. The van der Waals surface area contributed by atoms with Crippen LogP contribution in [0.1, 0.15) is 0 Å². The Hall–Kier alpha value is -0.305. The van der Waals surface area contributed by atoms with Gasteiger partial charge in [-0.3, -0.25) is 9.59 Å². The first-order chi connectivity index (χ1) is 9.05. The lowest BCUT2D eigenvalue weighted by molar-refractivity contribution is -0.144. The van der Waals surface area contributed by atoms with Crippen molar-refractivity contribution in [3.8, 4) is 0 Å². The number of thioether (sulfide) groups is 2. The molecule has 19 heavy (non-hydrogen) atoms. The van der Waals surface area contributed by atoms with Gasteiger partial charge in [-0.15, -0.1) is 35.1 Å². The largest absolute Gasteiger partial charge is 0.542 e. The summed E-state index contributed by atoms with van der Waals surface area (Å²) in [7, 11) is 5.00. The molecule has 2 rings (SSSR count). The number of β-lactam (4-membered cyclic amide) rings is 1. The Morgan fingerprint density at radius 3 is 3.05 bits per heavy atom. The van der Waals surface area contributed by atoms with Crippen LogP contribution in [0.15, 0.2) is 12.2 Å². The zero-order chi connectivity index (χ0) is 14.0. The molecule has 2 N–H and O–H groups in total. The summed E-state index contributed by atoms with van der Waals surface area (Å²) in [6.07, 6.45) is 3.66. The van der Waals surface area contributed by atoms with Crippen molar-refractivity contribution in [2.45, 2.75) is 15.5 Å². The highest BCUT2D eigenvalue weighted by molar-refractivity contribution is 8.20. The van der Waals surface area contributed by atoms with E-state index in [0.717, 1.165) is 0 Å². The molecule has 2 aliphatic heterocycles. The number of fused-ring (bicyclic) bond motifs is 1. The molecular weight excluding hydrogens is 307 g/mol. The molecule has 0 aromatic heterocycles. The van der Waals surface area contributed by atoms with Gasteiger partial charge in [-0.25, -0.2) is 0 Å². The molecule has 1 amide bonds. The van der Waals surface area contributed by atoms with Gasteiger partial charge >= 0.3 is 14.0 Å². The van der Waals surface area contributed by atoms with Gasteiger partial charge in [0.15, 0.2) is 4.08 Å². The molecule has 2 radical (unpaired) electrons. The maximum Gasteiger partial charge on any atom is 0.378 e. The molecule has 102 valence electrons. The van der Waals surface area contributed by atoms with Crippen LogP contribution >= 0.6 is 35.1 Å². The van der Waals surface area contributed by atoms with E-state index in [1.165, 1.54) is 23.5 Å². The summed E-state index contributed by atoms with van der Waals surface area (Å²) in [6, 6.07) is -0.545. The second kappa shape index (κ2) is 5.99. The van der Waals surface area contributed by atoms with Gasteiger partial charge in [0, 0.05) is 11.6 Å². The Morgan fingerprint density at radius 2 is 2.47 bits per heavy atom. The summed E-state index contributed by atoms with van der Waals surface area (Å²) in [5.41, 5.74) is 5.71. The molecule has 0 aromatic carbocycles. The van der Waals surface area contributed by atoms with Crippen LogP contribution in [-0.4, -0.2) is 58.5 Å². The highest BCUT2D eigenvalue weighted by Gasteiger charge is 2.61. The number of hydrogen-bond acceptors (Lipinski definition) is 6. The van der Waals surface area contributed by atoms with Crippen LogP contribution in [0.2, 0.25) is 0 Å². The van der Waals surface area contributed by atoms with Crippen LogP contribution in [0.4, 0.5) is 0 Å². The van der Waals surface area contributed by atoms with Gasteiger partial charge in [-0.2, -0.15) is 0 Å². The van der Waals surface area contributed by atoms with Crippen LogP contribution in [-0.2, 0) is 14.2 Å². The van der Waals surface area contributed by atoms with Crippen LogP contribution < -0.4 is 5.73 Å². The minimum absolute atomic E-state index is 0.138. The third-order valence-corrected chi connectivity index (χ3v) is 6.37. The molecule has 2 saturated heterocycles. The topological polar surface area (TPSA) is 72.6 Å². The summed E-state index contributed by atoms with van der Waals surface area (Å²) in [6.45, 7) is 0.268. The van der Waals surface area contributed by atoms with Crippen molar-refractivity contribution >= 4 is 55.1 Å². The first-order valence-electron chi connectivity index (χ1n) is 5.55. The minimum Gasteiger partial charge on any atom is -0.542 e. The van der Waals surface area contributed by atoms with E-state index in [-0.39, 0.29) is 17.8 Å². The fraction of sp³-hybridized carbons (Fsp3) is 0.600. The summed E-state index contributed by atoms with van der Waals surface area (Å²) < 4.78 is 3.48. The van der Waals surface area contributed by atoms with Gasteiger partial charge in [0.05, 0.1) is 6.54 Å². The van der Waals surface area contributed by atoms with Crippen LogP contribution in [0.25, 0.3) is 0 Å². The zero-order valence-electron chi connectivity index (χ0n) is 9.95. The molecular formula is C10H12BClN2O3S2. The van der Waals surface area contributed by atoms with E-state index in [4.69, 9.17) is 25.4 Å². The lowest BCUT2D eigenvalue weighted by Gasteiger charge is -2.38. The fourth-order valence-corrected chi connectivity index (χ4v) is 5.08. The van der Waals surface area contributed by atoms with Crippen molar-refractivity contribution in [2.24, 2.45) is 5.73 Å². The number of hydrogen-bond donors (Lipinski definition) is 1. The monoisotopic (exact) mass is 318 g/mol. The third kappa shape index (κ3) is 2.63. The smallest absolute Gasteiger partial charge is 0.378 e. The first kappa shape index (κ1) is 15.1. The fourth-order valence-electron chi connectivity index (χ4n) is 1.97. The van der Waals surface area contributed by atoms with Crippen LogP contribution in [0, 0.1) is 0 Å². The minimum atomic E-state index is -0.903. The first-order valence-corrected chi connectivity index (χ1v) is 7.95. The molecule has 2 aliphatic rings. The van der Waals surface area contributed by atoms with E-state index in [9.17, 15) is 9.59 Å². The van der Waals surface area contributed by atoms with Crippen molar-refractivity contribution in [1.29, 1.82) is 0 Å². The lowest BCUT2D eigenvalue weighted by atomic mass is 10.1. The molecule has 5 nitrogen and oxygen atoms in total. The summed E-state index contributed by atoms with van der Waals surface area (Å²) in [5.74, 6) is 0.316. The average molecular weight is 319 g/mol. The summed E-state index contributed by atoms with van der Waals surface area (Å²) in [4.78, 5) is 25.1. The predicted molar refractivity (Wildman–Crippen MR) is 78.0 cm³/mol. The number of alkyl halides is 1. The number of allylic oxidation sites excluding steroid dienone is 1. The van der Waals surface area contributed by atoms with Crippen molar-refractivity contribution in [2.75, 3.05) is 18.2 Å².